The first kappa shape index (κ1) is 15.2. The van der Waals surface area contributed by atoms with Crippen molar-refractivity contribution < 1.29 is 0 Å². The summed E-state index contributed by atoms with van der Waals surface area (Å²) in [7, 11) is 0. The molecule has 0 aliphatic heterocycles. The van der Waals surface area contributed by atoms with Crippen LogP contribution in [-0.4, -0.2) is 16.3 Å². The maximum Gasteiger partial charge on any atom is 0.0762 e. The van der Waals surface area contributed by atoms with E-state index in [1.54, 1.807) is 0 Å². The summed E-state index contributed by atoms with van der Waals surface area (Å²) >= 11 is 0. The molecular formula is C15H29N3. The van der Waals surface area contributed by atoms with E-state index in [0.29, 0.717) is 6.04 Å². The zero-order valence-electron chi connectivity index (χ0n) is 12.4. The van der Waals surface area contributed by atoms with Crippen LogP contribution in [0.25, 0.3) is 0 Å². The van der Waals surface area contributed by atoms with Gasteiger partial charge in [0.1, 0.15) is 0 Å². The summed E-state index contributed by atoms with van der Waals surface area (Å²) in [6, 6.07) is 2.62. The molecule has 18 heavy (non-hydrogen) atoms. The second-order valence-electron chi connectivity index (χ2n) is 5.61. The normalized spacial score (nSPS) is 13.2. The van der Waals surface area contributed by atoms with Gasteiger partial charge in [0.2, 0.25) is 0 Å². The highest BCUT2D eigenvalue weighted by Gasteiger charge is 2.03. The lowest BCUT2D eigenvalue weighted by Crippen LogP contribution is -2.15. The highest BCUT2D eigenvalue weighted by Crippen LogP contribution is 2.09. The van der Waals surface area contributed by atoms with Gasteiger partial charge in [-0.1, -0.05) is 33.6 Å². The molecule has 1 aromatic rings. The fourth-order valence-electron chi connectivity index (χ4n) is 1.92. The van der Waals surface area contributed by atoms with Gasteiger partial charge in [0, 0.05) is 18.8 Å². The van der Waals surface area contributed by atoms with Crippen LogP contribution in [-0.2, 0) is 6.54 Å². The van der Waals surface area contributed by atoms with Crippen LogP contribution in [0.5, 0.6) is 0 Å². The van der Waals surface area contributed by atoms with Crippen LogP contribution in [0.2, 0.25) is 0 Å². The van der Waals surface area contributed by atoms with Gasteiger partial charge in [0.15, 0.2) is 0 Å². The van der Waals surface area contributed by atoms with Crippen molar-refractivity contribution in [3.05, 3.63) is 18.0 Å². The summed E-state index contributed by atoms with van der Waals surface area (Å²) < 4.78 is 2.07. The van der Waals surface area contributed by atoms with Crippen LogP contribution in [0.3, 0.4) is 0 Å². The van der Waals surface area contributed by atoms with Crippen molar-refractivity contribution in [2.75, 3.05) is 6.54 Å². The average Bonchev–Trinajstić information content (AvgIpc) is 2.81. The summed E-state index contributed by atoms with van der Waals surface area (Å²) in [5.74, 6) is 0.830. The number of unbranched alkanes of at least 4 members (excludes halogenated alkanes) is 1. The number of nitrogens with one attached hydrogen (secondary N) is 1. The van der Waals surface area contributed by atoms with Crippen LogP contribution in [0.4, 0.5) is 0 Å². The molecule has 104 valence electrons. The molecule has 1 rings (SSSR count). The van der Waals surface area contributed by atoms with Gasteiger partial charge in [-0.15, -0.1) is 0 Å². The molecule has 0 amide bonds. The Bertz CT molecular complexity index is 317. The zero-order chi connectivity index (χ0) is 13.4. The van der Waals surface area contributed by atoms with Crippen molar-refractivity contribution in [2.24, 2.45) is 5.92 Å². The maximum absolute atomic E-state index is 4.58. The Kier molecular flexibility index (Phi) is 7.02. The Morgan fingerprint density at radius 3 is 2.72 bits per heavy atom. The molecule has 1 aromatic heterocycles. The Labute approximate surface area is 112 Å². The van der Waals surface area contributed by atoms with E-state index in [0.717, 1.165) is 31.1 Å². The van der Waals surface area contributed by atoms with Crippen LogP contribution in [0.1, 0.15) is 65.1 Å². The van der Waals surface area contributed by atoms with Crippen LogP contribution < -0.4 is 5.32 Å². The lowest BCUT2D eigenvalue weighted by atomic mass is 10.1. The molecule has 0 aliphatic rings. The summed E-state index contributed by atoms with van der Waals surface area (Å²) in [6.45, 7) is 11.0. The van der Waals surface area contributed by atoms with Gasteiger partial charge < -0.3 is 5.32 Å². The van der Waals surface area contributed by atoms with E-state index in [4.69, 9.17) is 0 Å². The lowest BCUT2D eigenvalue weighted by Gasteiger charge is -2.08. The second-order valence-corrected chi connectivity index (χ2v) is 5.61. The minimum Gasteiger partial charge on any atom is -0.311 e. The van der Waals surface area contributed by atoms with Crippen LogP contribution >= 0.6 is 0 Å². The molecule has 0 saturated carbocycles. The summed E-state index contributed by atoms with van der Waals surface area (Å²) in [5.41, 5.74) is 1.15. The van der Waals surface area contributed by atoms with Crippen molar-refractivity contribution in [1.29, 1.82) is 0 Å². The molecule has 0 fully saturated rings. The smallest absolute Gasteiger partial charge is 0.0762 e. The Morgan fingerprint density at radius 1 is 1.28 bits per heavy atom. The number of nitrogens with zero attached hydrogens (tertiary/aromatic N) is 2. The molecule has 0 spiro atoms. The van der Waals surface area contributed by atoms with Crippen molar-refractivity contribution in [3.63, 3.8) is 0 Å². The second kappa shape index (κ2) is 8.30. The van der Waals surface area contributed by atoms with E-state index >= 15 is 0 Å². The number of hydrogen-bond acceptors (Lipinski definition) is 2. The van der Waals surface area contributed by atoms with Gasteiger partial charge in [-0.25, -0.2) is 0 Å². The average molecular weight is 251 g/mol. The van der Waals surface area contributed by atoms with Crippen molar-refractivity contribution in [2.45, 2.75) is 66.0 Å². The van der Waals surface area contributed by atoms with Crippen molar-refractivity contribution in [1.82, 2.24) is 15.1 Å². The Balaban J connectivity index is 2.14. The van der Waals surface area contributed by atoms with Gasteiger partial charge >= 0.3 is 0 Å². The fourth-order valence-corrected chi connectivity index (χ4v) is 1.92. The molecule has 3 nitrogen and oxygen atoms in total. The molecule has 1 heterocycles. The van der Waals surface area contributed by atoms with E-state index in [2.05, 4.69) is 55.1 Å². The minimum absolute atomic E-state index is 0.504. The SMILES string of the molecule is CCC(C)n1ccc(CNCCCCC(C)C)n1. The number of aromatic nitrogens is 2. The molecular weight excluding hydrogens is 222 g/mol. The zero-order valence-corrected chi connectivity index (χ0v) is 12.4. The largest absolute Gasteiger partial charge is 0.311 e. The monoisotopic (exact) mass is 251 g/mol. The lowest BCUT2D eigenvalue weighted by molar-refractivity contribution is 0.470. The van der Waals surface area contributed by atoms with Gasteiger partial charge in [0.05, 0.1) is 5.69 Å². The standard InChI is InChI=1S/C15H29N3/c1-5-14(4)18-11-9-15(17-18)12-16-10-7-6-8-13(2)3/h9,11,13-14,16H,5-8,10,12H2,1-4H3. The van der Waals surface area contributed by atoms with Crippen LogP contribution in [0.15, 0.2) is 12.3 Å². The molecule has 0 aromatic carbocycles. The molecule has 0 radical (unpaired) electrons. The minimum atomic E-state index is 0.504. The molecule has 1 N–H and O–H groups in total. The molecule has 1 unspecified atom stereocenters. The first-order chi connectivity index (χ1) is 8.63. The fraction of sp³-hybridized carbons (Fsp3) is 0.800. The van der Waals surface area contributed by atoms with Gasteiger partial charge in [-0.05, 0) is 38.3 Å². The predicted octanol–water partition coefficient (Wildman–Crippen LogP) is 3.77. The topological polar surface area (TPSA) is 29.9 Å². The molecule has 0 aliphatic carbocycles. The highest BCUT2D eigenvalue weighted by molar-refractivity contribution is 4.99. The van der Waals surface area contributed by atoms with Crippen molar-refractivity contribution >= 4 is 0 Å². The van der Waals surface area contributed by atoms with E-state index in [1.807, 2.05) is 0 Å². The predicted molar refractivity (Wildman–Crippen MR) is 77.6 cm³/mol. The van der Waals surface area contributed by atoms with Gasteiger partial charge in [0.25, 0.3) is 0 Å². The van der Waals surface area contributed by atoms with E-state index in [-0.39, 0.29) is 0 Å². The Hall–Kier alpha value is -0.830. The van der Waals surface area contributed by atoms with Gasteiger partial charge in [-0.3, -0.25) is 4.68 Å². The molecule has 1 atom stereocenters. The summed E-state index contributed by atoms with van der Waals surface area (Å²) in [5, 5.41) is 8.05. The third kappa shape index (κ3) is 5.67. The first-order valence-electron chi connectivity index (χ1n) is 7.38. The van der Waals surface area contributed by atoms with Crippen molar-refractivity contribution in [3.8, 4) is 0 Å². The van der Waals surface area contributed by atoms with E-state index in [9.17, 15) is 0 Å². The Morgan fingerprint density at radius 2 is 2.06 bits per heavy atom. The van der Waals surface area contributed by atoms with Gasteiger partial charge in [-0.2, -0.15) is 5.10 Å². The molecule has 0 bridgehead atoms. The highest BCUT2D eigenvalue weighted by atomic mass is 15.3. The summed E-state index contributed by atoms with van der Waals surface area (Å²) in [6.07, 6.45) is 7.15. The van der Waals surface area contributed by atoms with E-state index < -0.39 is 0 Å². The summed E-state index contributed by atoms with van der Waals surface area (Å²) in [4.78, 5) is 0. The molecule has 3 heteroatoms. The molecule has 0 saturated heterocycles. The quantitative estimate of drug-likeness (QED) is 0.677. The first-order valence-corrected chi connectivity index (χ1v) is 7.38. The number of rotatable bonds is 9. The van der Waals surface area contributed by atoms with Crippen LogP contribution in [0, 0.1) is 5.92 Å². The maximum atomic E-state index is 4.58. The third-order valence-corrected chi connectivity index (χ3v) is 3.40. The van der Waals surface area contributed by atoms with E-state index in [1.165, 1.54) is 19.3 Å². The third-order valence-electron chi connectivity index (χ3n) is 3.40. The number of hydrogen-bond donors (Lipinski definition) is 1.